The first-order chi connectivity index (χ1) is 12.1. The van der Waals surface area contributed by atoms with Crippen LogP contribution in [0.5, 0.6) is 0 Å². The van der Waals surface area contributed by atoms with Gasteiger partial charge in [0.25, 0.3) is 0 Å². The number of ketones is 1. The van der Waals surface area contributed by atoms with E-state index in [4.69, 9.17) is 4.74 Å². The topological polar surface area (TPSA) is 75.7 Å². The Balaban J connectivity index is 2.01. The number of ether oxygens (including phenoxy) is 1. The number of nitrogens with zero attached hydrogens (tertiary/aromatic N) is 1. The minimum absolute atomic E-state index is 0.0452. The van der Waals surface area contributed by atoms with E-state index in [1.807, 2.05) is 52.8 Å². The molecule has 0 saturated carbocycles. The molecule has 0 aromatic heterocycles. The van der Waals surface area contributed by atoms with Gasteiger partial charge < -0.3 is 15.0 Å². The molecule has 0 spiro atoms. The predicted octanol–water partition coefficient (Wildman–Crippen LogP) is 3.00. The number of aryl methyl sites for hydroxylation is 2. The number of amides is 2. The Bertz CT molecular complexity index is 706. The van der Waals surface area contributed by atoms with Gasteiger partial charge in [-0.1, -0.05) is 17.7 Å². The van der Waals surface area contributed by atoms with Crippen LogP contribution >= 0.6 is 0 Å². The van der Waals surface area contributed by atoms with Crippen molar-refractivity contribution in [1.82, 2.24) is 10.2 Å². The van der Waals surface area contributed by atoms with Gasteiger partial charge in [0, 0.05) is 17.5 Å². The zero-order chi connectivity index (χ0) is 19.5. The van der Waals surface area contributed by atoms with Crippen LogP contribution in [0.25, 0.3) is 0 Å². The molecule has 0 bridgehead atoms. The molecule has 1 atom stereocenters. The average molecular weight is 360 g/mol. The number of hydrogen-bond acceptors (Lipinski definition) is 4. The summed E-state index contributed by atoms with van der Waals surface area (Å²) in [5.74, 6) is -0.121. The fourth-order valence-electron chi connectivity index (χ4n) is 3.05. The molecule has 0 unspecified atom stereocenters. The number of hydrogen-bond donors (Lipinski definition) is 1. The van der Waals surface area contributed by atoms with Gasteiger partial charge in [0.15, 0.2) is 5.78 Å². The summed E-state index contributed by atoms with van der Waals surface area (Å²) >= 11 is 0. The number of rotatable bonds is 5. The van der Waals surface area contributed by atoms with Gasteiger partial charge in [-0.2, -0.15) is 0 Å². The Morgan fingerprint density at radius 2 is 1.96 bits per heavy atom. The van der Waals surface area contributed by atoms with E-state index in [1.165, 1.54) is 4.90 Å². The first-order valence-electron chi connectivity index (χ1n) is 8.94. The maximum atomic E-state index is 12.9. The molecule has 1 N–H and O–H groups in total. The molecule has 2 amide bonds. The van der Waals surface area contributed by atoms with Crippen LogP contribution in [0.15, 0.2) is 18.2 Å². The van der Waals surface area contributed by atoms with Crippen LogP contribution in [-0.4, -0.2) is 47.4 Å². The molecule has 1 aliphatic heterocycles. The molecular formula is C20H28N2O4. The Morgan fingerprint density at radius 3 is 2.62 bits per heavy atom. The second-order valence-electron chi connectivity index (χ2n) is 7.84. The zero-order valence-corrected chi connectivity index (χ0v) is 16.2. The second-order valence-corrected chi connectivity index (χ2v) is 7.84. The Morgan fingerprint density at radius 1 is 1.27 bits per heavy atom. The SMILES string of the molecule is Cc1ccc(C)c(C(=O)[C@@H]2CCC(=O)N2CCOC(=O)NC(C)(C)C)c1. The third kappa shape index (κ3) is 5.07. The number of benzene rings is 1. The summed E-state index contributed by atoms with van der Waals surface area (Å²) in [4.78, 5) is 38.4. The minimum atomic E-state index is -0.526. The van der Waals surface area contributed by atoms with Gasteiger partial charge >= 0.3 is 6.09 Å². The van der Waals surface area contributed by atoms with Crippen LogP contribution < -0.4 is 5.32 Å². The molecule has 1 aromatic carbocycles. The third-order valence-electron chi connectivity index (χ3n) is 4.33. The highest BCUT2D eigenvalue weighted by Crippen LogP contribution is 2.24. The van der Waals surface area contributed by atoms with E-state index >= 15 is 0 Å². The molecular weight excluding hydrogens is 332 g/mol. The molecule has 2 rings (SSSR count). The van der Waals surface area contributed by atoms with Gasteiger partial charge in [0.2, 0.25) is 5.91 Å². The van der Waals surface area contributed by atoms with Gasteiger partial charge in [-0.3, -0.25) is 9.59 Å². The highest BCUT2D eigenvalue weighted by Gasteiger charge is 2.36. The van der Waals surface area contributed by atoms with E-state index in [-0.39, 0.29) is 30.4 Å². The summed E-state index contributed by atoms with van der Waals surface area (Å²) in [6, 6.07) is 5.26. The minimum Gasteiger partial charge on any atom is -0.448 e. The van der Waals surface area contributed by atoms with E-state index in [2.05, 4.69) is 5.32 Å². The standard InChI is InChI=1S/C20H28N2O4/c1-13-6-7-14(2)15(12-13)18(24)16-8-9-17(23)22(16)10-11-26-19(25)21-20(3,4)5/h6-7,12,16H,8-11H2,1-5H3,(H,21,25)/t16-/m0/s1. The van der Waals surface area contributed by atoms with Crippen LogP contribution in [0.3, 0.4) is 0 Å². The van der Waals surface area contributed by atoms with Crippen molar-refractivity contribution in [2.24, 2.45) is 0 Å². The van der Waals surface area contributed by atoms with Gasteiger partial charge in [-0.05, 0) is 52.7 Å². The fraction of sp³-hybridized carbons (Fsp3) is 0.550. The van der Waals surface area contributed by atoms with Crippen molar-refractivity contribution >= 4 is 17.8 Å². The second kappa shape index (κ2) is 7.89. The number of nitrogens with one attached hydrogen (secondary N) is 1. The van der Waals surface area contributed by atoms with Crippen LogP contribution in [0.1, 0.15) is 55.1 Å². The van der Waals surface area contributed by atoms with Crippen molar-refractivity contribution in [2.45, 2.75) is 59.0 Å². The van der Waals surface area contributed by atoms with E-state index < -0.39 is 12.1 Å². The summed E-state index contributed by atoms with van der Waals surface area (Å²) in [6.45, 7) is 9.69. The van der Waals surface area contributed by atoms with Gasteiger partial charge in [0.05, 0.1) is 12.6 Å². The lowest BCUT2D eigenvalue weighted by atomic mass is 9.96. The molecule has 26 heavy (non-hydrogen) atoms. The molecule has 1 heterocycles. The lowest BCUT2D eigenvalue weighted by Crippen LogP contribution is -2.43. The van der Waals surface area contributed by atoms with Crippen LogP contribution in [0.4, 0.5) is 4.79 Å². The predicted molar refractivity (Wildman–Crippen MR) is 99.2 cm³/mol. The van der Waals surface area contributed by atoms with E-state index in [0.717, 1.165) is 11.1 Å². The van der Waals surface area contributed by atoms with Crippen molar-refractivity contribution in [2.75, 3.05) is 13.2 Å². The van der Waals surface area contributed by atoms with Crippen molar-refractivity contribution in [3.05, 3.63) is 34.9 Å². The molecule has 1 aromatic rings. The molecule has 1 fully saturated rings. The highest BCUT2D eigenvalue weighted by molar-refractivity contribution is 6.04. The van der Waals surface area contributed by atoms with Crippen molar-refractivity contribution in [3.8, 4) is 0 Å². The molecule has 142 valence electrons. The lowest BCUT2D eigenvalue weighted by Gasteiger charge is -2.25. The van der Waals surface area contributed by atoms with Crippen molar-refractivity contribution in [3.63, 3.8) is 0 Å². The Labute approximate surface area is 154 Å². The third-order valence-corrected chi connectivity index (χ3v) is 4.33. The Hall–Kier alpha value is -2.37. The molecule has 1 saturated heterocycles. The maximum absolute atomic E-state index is 12.9. The quantitative estimate of drug-likeness (QED) is 0.819. The van der Waals surface area contributed by atoms with Gasteiger partial charge in [-0.25, -0.2) is 4.79 Å². The Kier molecular flexibility index (Phi) is 6.05. The largest absolute Gasteiger partial charge is 0.448 e. The summed E-state index contributed by atoms with van der Waals surface area (Å²) in [5.41, 5.74) is 2.18. The first-order valence-corrected chi connectivity index (χ1v) is 8.94. The van der Waals surface area contributed by atoms with Crippen molar-refractivity contribution in [1.29, 1.82) is 0 Å². The number of carbonyl (C=O) groups is 3. The number of alkyl carbamates (subject to hydrolysis) is 1. The molecule has 0 radical (unpaired) electrons. The van der Waals surface area contributed by atoms with Crippen molar-refractivity contribution < 1.29 is 19.1 Å². The van der Waals surface area contributed by atoms with Gasteiger partial charge in [0.1, 0.15) is 6.61 Å². The zero-order valence-electron chi connectivity index (χ0n) is 16.2. The maximum Gasteiger partial charge on any atom is 0.407 e. The van der Waals surface area contributed by atoms with Gasteiger partial charge in [-0.15, -0.1) is 0 Å². The molecule has 6 heteroatoms. The molecule has 0 aliphatic carbocycles. The van der Waals surface area contributed by atoms with E-state index in [9.17, 15) is 14.4 Å². The van der Waals surface area contributed by atoms with Crippen LogP contribution in [-0.2, 0) is 9.53 Å². The summed E-state index contributed by atoms with van der Waals surface area (Å²) in [7, 11) is 0. The van der Waals surface area contributed by atoms with E-state index in [1.54, 1.807) is 0 Å². The smallest absolute Gasteiger partial charge is 0.407 e. The monoisotopic (exact) mass is 360 g/mol. The van der Waals surface area contributed by atoms with Crippen LogP contribution in [0, 0.1) is 13.8 Å². The normalized spacial score (nSPS) is 17.3. The highest BCUT2D eigenvalue weighted by atomic mass is 16.5. The molecule has 1 aliphatic rings. The molecule has 6 nitrogen and oxygen atoms in total. The fourth-order valence-corrected chi connectivity index (χ4v) is 3.05. The number of likely N-dealkylation sites (tertiary alicyclic amines) is 1. The lowest BCUT2D eigenvalue weighted by molar-refractivity contribution is -0.129. The number of carbonyl (C=O) groups excluding carboxylic acids is 3. The average Bonchev–Trinajstić information content (AvgIpc) is 2.88. The van der Waals surface area contributed by atoms with Crippen LogP contribution in [0.2, 0.25) is 0 Å². The summed E-state index contributed by atoms with van der Waals surface area (Å²) in [6.07, 6.45) is 0.316. The summed E-state index contributed by atoms with van der Waals surface area (Å²) < 4.78 is 5.15. The summed E-state index contributed by atoms with van der Waals surface area (Å²) in [5, 5.41) is 2.70. The number of Topliss-reactive ketones (excluding diaryl/α,β-unsaturated/α-hetero) is 1. The van der Waals surface area contributed by atoms with E-state index in [0.29, 0.717) is 18.4 Å². The first kappa shape index (κ1) is 19.9.